The van der Waals surface area contributed by atoms with E-state index < -0.39 is 0 Å². The summed E-state index contributed by atoms with van der Waals surface area (Å²) in [5.41, 5.74) is 0. The standard InChI is InChI=1S/C14H21O4/c1-5-6-7-8-18-11-9-12(15-2)14(17-4)13(10-11)16-3/h9-10H,1,5-8H2,2-4H3. The lowest BCUT2D eigenvalue weighted by Crippen LogP contribution is -2.00. The van der Waals surface area contributed by atoms with Gasteiger partial charge in [0.05, 0.1) is 27.9 Å². The molecule has 0 saturated heterocycles. The molecule has 0 atom stereocenters. The van der Waals surface area contributed by atoms with E-state index >= 15 is 0 Å². The maximum Gasteiger partial charge on any atom is 0.203 e. The first-order valence-electron chi connectivity index (χ1n) is 5.98. The lowest BCUT2D eigenvalue weighted by molar-refractivity contribution is 0.293. The normalized spacial score (nSPS) is 10.0. The van der Waals surface area contributed by atoms with Gasteiger partial charge in [0.1, 0.15) is 5.75 Å². The van der Waals surface area contributed by atoms with E-state index in [1.54, 1.807) is 33.5 Å². The van der Waals surface area contributed by atoms with Crippen LogP contribution in [0, 0.1) is 6.92 Å². The van der Waals surface area contributed by atoms with Crippen LogP contribution in [0.15, 0.2) is 12.1 Å². The minimum absolute atomic E-state index is 0.574. The van der Waals surface area contributed by atoms with Gasteiger partial charge < -0.3 is 18.9 Å². The quantitative estimate of drug-likeness (QED) is 0.667. The van der Waals surface area contributed by atoms with Crippen molar-refractivity contribution < 1.29 is 18.9 Å². The van der Waals surface area contributed by atoms with E-state index in [1.807, 2.05) is 0 Å². The molecule has 0 bridgehead atoms. The Morgan fingerprint density at radius 3 is 2.00 bits per heavy atom. The van der Waals surface area contributed by atoms with Crippen LogP contribution < -0.4 is 18.9 Å². The highest BCUT2D eigenvalue weighted by atomic mass is 16.5. The van der Waals surface area contributed by atoms with Gasteiger partial charge >= 0.3 is 0 Å². The average molecular weight is 253 g/mol. The fraction of sp³-hybridized carbons (Fsp3) is 0.500. The Morgan fingerprint density at radius 2 is 1.56 bits per heavy atom. The maximum atomic E-state index is 5.65. The van der Waals surface area contributed by atoms with Crippen molar-refractivity contribution in [3.63, 3.8) is 0 Å². The topological polar surface area (TPSA) is 36.9 Å². The summed E-state index contributed by atoms with van der Waals surface area (Å²) in [4.78, 5) is 0. The zero-order chi connectivity index (χ0) is 13.4. The Morgan fingerprint density at radius 1 is 0.944 bits per heavy atom. The maximum absolute atomic E-state index is 5.65. The van der Waals surface area contributed by atoms with E-state index in [2.05, 4.69) is 6.92 Å². The summed E-state index contributed by atoms with van der Waals surface area (Å²) in [5, 5.41) is 0. The molecule has 0 aliphatic carbocycles. The van der Waals surface area contributed by atoms with Crippen molar-refractivity contribution in [2.45, 2.75) is 19.3 Å². The summed E-state index contributed by atoms with van der Waals surface area (Å²) in [7, 11) is 4.75. The monoisotopic (exact) mass is 253 g/mol. The van der Waals surface area contributed by atoms with Crippen molar-refractivity contribution >= 4 is 0 Å². The average Bonchev–Trinajstić information content (AvgIpc) is 2.42. The minimum Gasteiger partial charge on any atom is -0.493 e. The second-order valence-electron chi connectivity index (χ2n) is 3.77. The van der Waals surface area contributed by atoms with Crippen molar-refractivity contribution in [1.82, 2.24) is 0 Å². The van der Waals surface area contributed by atoms with Crippen molar-refractivity contribution in [1.29, 1.82) is 0 Å². The third-order valence-electron chi connectivity index (χ3n) is 2.55. The minimum atomic E-state index is 0.574. The Bertz CT molecular complexity index is 338. The molecular formula is C14H21O4. The molecule has 1 aromatic rings. The molecule has 0 amide bonds. The van der Waals surface area contributed by atoms with Gasteiger partial charge in [-0.2, -0.15) is 0 Å². The number of unbranched alkanes of at least 4 members (excludes halogenated alkanes) is 2. The molecule has 1 rings (SSSR count). The van der Waals surface area contributed by atoms with E-state index in [1.165, 1.54) is 0 Å². The lowest BCUT2D eigenvalue weighted by Gasteiger charge is -2.14. The molecule has 0 aromatic heterocycles. The van der Waals surface area contributed by atoms with Crippen LogP contribution in [-0.2, 0) is 0 Å². The van der Waals surface area contributed by atoms with Crippen LogP contribution in [0.4, 0.5) is 0 Å². The molecule has 0 unspecified atom stereocenters. The molecule has 0 fully saturated rings. The zero-order valence-corrected chi connectivity index (χ0v) is 11.3. The fourth-order valence-electron chi connectivity index (χ4n) is 1.61. The van der Waals surface area contributed by atoms with Crippen molar-refractivity contribution in [2.24, 2.45) is 0 Å². The van der Waals surface area contributed by atoms with E-state index in [4.69, 9.17) is 18.9 Å². The van der Waals surface area contributed by atoms with Gasteiger partial charge in [-0.05, 0) is 6.42 Å². The molecule has 4 nitrogen and oxygen atoms in total. The highest BCUT2D eigenvalue weighted by Gasteiger charge is 2.13. The van der Waals surface area contributed by atoms with Gasteiger partial charge in [-0.3, -0.25) is 0 Å². The van der Waals surface area contributed by atoms with Crippen LogP contribution in [0.25, 0.3) is 0 Å². The number of rotatable bonds is 8. The number of methoxy groups -OCH3 is 3. The Hall–Kier alpha value is -1.58. The van der Waals surface area contributed by atoms with Crippen molar-refractivity contribution in [3.8, 4) is 23.0 Å². The Balaban J connectivity index is 2.80. The summed E-state index contributed by atoms with van der Waals surface area (Å²) in [5.74, 6) is 2.49. The van der Waals surface area contributed by atoms with Gasteiger partial charge in [-0.1, -0.05) is 19.8 Å². The van der Waals surface area contributed by atoms with Gasteiger partial charge in [0, 0.05) is 12.1 Å². The number of ether oxygens (including phenoxy) is 4. The molecule has 4 heteroatoms. The highest BCUT2D eigenvalue weighted by molar-refractivity contribution is 5.55. The van der Waals surface area contributed by atoms with Crippen LogP contribution in [-0.4, -0.2) is 27.9 Å². The van der Waals surface area contributed by atoms with Gasteiger partial charge in [0.2, 0.25) is 5.75 Å². The first-order valence-corrected chi connectivity index (χ1v) is 5.98. The van der Waals surface area contributed by atoms with E-state index in [0.717, 1.165) is 19.3 Å². The molecular weight excluding hydrogens is 232 g/mol. The lowest BCUT2D eigenvalue weighted by atomic mass is 10.2. The van der Waals surface area contributed by atoms with Crippen LogP contribution >= 0.6 is 0 Å². The molecule has 0 spiro atoms. The number of benzene rings is 1. The van der Waals surface area contributed by atoms with Crippen LogP contribution in [0.3, 0.4) is 0 Å². The second kappa shape index (κ2) is 7.69. The summed E-state index contributed by atoms with van der Waals surface area (Å²) in [6.45, 7) is 4.46. The Labute approximate surface area is 109 Å². The number of hydrogen-bond acceptors (Lipinski definition) is 4. The fourth-order valence-corrected chi connectivity index (χ4v) is 1.61. The summed E-state index contributed by atoms with van der Waals surface area (Å²) < 4.78 is 21.4. The summed E-state index contributed by atoms with van der Waals surface area (Å²) in [6, 6.07) is 3.59. The SMILES string of the molecule is [CH2]CCCCOc1cc(OC)c(OC)c(OC)c1. The molecule has 0 saturated carbocycles. The predicted octanol–water partition coefficient (Wildman–Crippen LogP) is 3.10. The zero-order valence-electron chi connectivity index (χ0n) is 11.3. The molecule has 0 aliphatic rings. The second-order valence-corrected chi connectivity index (χ2v) is 3.77. The Kier molecular flexibility index (Phi) is 6.19. The van der Waals surface area contributed by atoms with Gasteiger partial charge in [-0.25, -0.2) is 0 Å². The highest BCUT2D eigenvalue weighted by Crippen LogP contribution is 2.40. The van der Waals surface area contributed by atoms with Crippen LogP contribution in [0.1, 0.15) is 19.3 Å². The molecule has 0 aliphatic heterocycles. The van der Waals surface area contributed by atoms with Gasteiger partial charge in [-0.15, -0.1) is 0 Å². The number of hydrogen-bond donors (Lipinski definition) is 0. The molecule has 101 valence electrons. The van der Waals surface area contributed by atoms with Gasteiger partial charge in [0.25, 0.3) is 0 Å². The molecule has 0 heterocycles. The first-order chi connectivity index (χ1) is 8.76. The van der Waals surface area contributed by atoms with E-state index in [9.17, 15) is 0 Å². The molecule has 1 aromatic carbocycles. The van der Waals surface area contributed by atoms with Gasteiger partial charge in [0.15, 0.2) is 11.5 Å². The molecule has 1 radical (unpaired) electrons. The molecule has 18 heavy (non-hydrogen) atoms. The third kappa shape index (κ3) is 3.72. The first kappa shape index (κ1) is 14.5. The summed E-state index contributed by atoms with van der Waals surface area (Å²) >= 11 is 0. The van der Waals surface area contributed by atoms with Crippen LogP contribution in [0.5, 0.6) is 23.0 Å². The third-order valence-corrected chi connectivity index (χ3v) is 2.55. The van der Waals surface area contributed by atoms with Crippen LogP contribution in [0.2, 0.25) is 0 Å². The van der Waals surface area contributed by atoms with Crippen molar-refractivity contribution in [3.05, 3.63) is 19.1 Å². The van der Waals surface area contributed by atoms with E-state index in [0.29, 0.717) is 29.6 Å². The molecule has 0 N–H and O–H groups in total. The van der Waals surface area contributed by atoms with E-state index in [-0.39, 0.29) is 0 Å². The smallest absolute Gasteiger partial charge is 0.203 e. The van der Waals surface area contributed by atoms with Crippen molar-refractivity contribution in [2.75, 3.05) is 27.9 Å². The summed E-state index contributed by atoms with van der Waals surface area (Å²) in [6.07, 6.45) is 2.98. The largest absolute Gasteiger partial charge is 0.493 e. The predicted molar refractivity (Wildman–Crippen MR) is 70.8 cm³/mol.